The number of hydrogen-bond acceptors (Lipinski definition) is 2. The summed E-state index contributed by atoms with van der Waals surface area (Å²) in [7, 11) is 0. The molecule has 1 N–H and O–H groups in total. The standard InChI is InChI=1S/C14H14FNO2/c1-14(2,3)12-7-10(13(17)18)9-5-4-8(15)6-11(9)16-12/h4-7H,1-3H3,(H,17,18). The van der Waals surface area contributed by atoms with Crippen molar-refractivity contribution >= 4 is 16.9 Å². The summed E-state index contributed by atoms with van der Waals surface area (Å²) in [5.41, 5.74) is 0.882. The molecule has 0 bridgehead atoms. The Kier molecular flexibility index (Phi) is 2.81. The summed E-state index contributed by atoms with van der Waals surface area (Å²) in [6.45, 7) is 5.81. The quantitative estimate of drug-likeness (QED) is 0.840. The second-order valence-electron chi connectivity index (χ2n) is 5.27. The van der Waals surface area contributed by atoms with E-state index in [9.17, 15) is 14.3 Å². The van der Waals surface area contributed by atoms with Crippen LogP contribution in [-0.4, -0.2) is 16.1 Å². The van der Waals surface area contributed by atoms with Crippen LogP contribution in [0, 0.1) is 5.82 Å². The molecule has 0 spiro atoms. The molecule has 0 atom stereocenters. The van der Waals surface area contributed by atoms with Gasteiger partial charge in [-0.15, -0.1) is 0 Å². The Balaban J connectivity index is 2.83. The molecule has 0 aliphatic rings. The Bertz CT molecular complexity index is 629. The zero-order chi connectivity index (χ0) is 13.5. The first-order chi connectivity index (χ1) is 8.29. The number of fused-ring (bicyclic) bond motifs is 1. The molecule has 94 valence electrons. The van der Waals surface area contributed by atoms with Crippen molar-refractivity contribution in [3.05, 3.63) is 41.3 Å². The molecule has 2 aromatic rings. The lowest BCUT2D eigenvalue weighted by Gasteiger charge is -2.19. The molecule has 0 aliphatic carbocycles. The van der Waals surface area contributed by atoms with Crippen LogP contribution in [0.2, 0.25) is 0 Å². The Morgan fingerprint density at radius 3 is 2.50 bits per heavy atom. The highest BCUT2D eigenvalue weighted by molar-refractivity contribution is 6.02. The number of halogens is 1. The van der Waals surface area contributed by atoms with E-state index in [1.54, 1.807) is 6.07 Å². The summed E-state index contributed by atoms with van der Waals surface area (Å²) in [6, 6.07) is 5.51. The zero-order valence-electron chi connectivity index (χ0n) is 10.5. The summed E-state index contributed by atoms with van der Waals surface area (Å²) in [6.07, 6.45) is 0. The topological polar surface area (TPSA) is 50.2 Å². The molecule has 1 aromatic carbocycles. The van der Waals surface area contributed by atoms with Crippen LogP contribution in [-0.2, 0) is 5.41 Å². The highest BCUT2D eigenvalue weighted by Gasteiger charge is 2.20. The Labute approximate surface area is 104 Å². The SMILES string of the molecule is CC(C)(C)c1cc(C(=O)O)c2ccc(F)cc2n1. The van der Waals surface area contributed by atoms with E-state index in [2.05, 4.69) is 4.98 Å². The van der Waals surface area contributed by atoms with Gasteiger partial charge < -0.3 is 5.11 Å². The number of aromatic nitrogens is 1. The fourth-order valence-corrected chi connectivity index (χ4v) is 1.76. The predicted molar refractivity (Wildman–Crippen MR) is 67.4 cm³/mol. The number of pyridine rings is 1. The first-order valence-electron chi connectivity index (χ1n) is 5.63. The van der Waals surface area contributed by atoms with Crippen molar-refractivity contribution in [2.45, 2.75) is 26.2 Å². The molecule has 0 unspecified atom stereocenters. The molecule has 0 saturated carbocycles. The van der Waals surface area contributed by atoms with Gasteiger partial charge in [-0.2, -0.15) is 0 Å². The van der Waals surface area contributed by atoms with Crippen LogP contribution in [0.25, 0.3) is 10.9 Å². The van der Waals surface area contributed by atoms with Crippen molar-refractivity contribution in [1.82, 2.24) is 4.98 Å². The van der Waals surface area contributed by atoms with Crippen molar-refractivity contribution in [2.24, 2.45) is 0 Å². The van der Waals surface area contributed by atoms with Crippen LogP contribution in [0.5, 0.6) is 0 Å². The molecule has 0 amide bonds. The number of hydrogen-bond donors (Lipinski definition) is 1. The van der Waals surface area contributed by atoms with Crippen LogP contribution < -0.4 is 0 Å². The molecular weight excluding hydrogens is 233 g/mol. The largest absolute Gasteiger partial charge is 0.478 e. The molecule has 1 aromatic heterocycles. The lowest BCUT2D eigenvalue weighted by Crippen LogP contribution is -2.15. The van der Waals surface area contributed by atoms with E-state index >= 15 is 0 Å². The number of rotatable bonds is 1. The molecule has 1 heterocycles. The molecule has 0 aliphatic heterocycles. The first kappa shape index (κ1) is 12.5. The van der Waals surface area contributed by atoms with Crippen molar-refractivity contribution in [3.8, 4) is 0 Å². The van der Waals surface area contributed by atoms with Gasteiger partial charge in [0, 0.05) is 22.6 Å². The normalized spacial score (nSPS) is 11.8. The van der Waals surface area contributed by atoms with E-state index in [0.717, 1.165) is 0 Å². The minimum atomic E-state index is -1.03. The van der Waals surface area contributed by atoms with Crippen molar-refractivity contribution in [2.75, 3.05) is 0 Å². The summed E-state index contributed by atoms with van der Waals surface area (Å²) in [4.78, 5) is 15.6. The summed E-state index contributed by atoms with van der Waals surface area (Å²) < 4.78 is 13.2. The third-order valence-corrected chi connectivity index (χ3v) is 2.77. The van der Waals surface area contributed by atoms with Gasteiger partial charge in [-0.05, 0) is 18.2 Å². The number of nitrogens with zero attached hydrogens (tertiary/aromatic N) is 1. The third-order valence-electron chi connectivity index (χ3n) is 2.77. The van der Waals surface area contributed by atoms with Gasteiger partial charge in [-0.1, -0.05) is 20.8 Å². The zero-order valence-corrected chi connectivity index (χ0v) is 10.5. The Morgan fingerprint density at radius 1 is 1.28 bits per heavy atom. The van der Waals surface area contributed by atoms with Crippen LogP contribution in [0.1, 0.15) is 36.8 Å². The van der Waals surface area contributed by atoms with Crippen LogP contribution >= 0.6 is 0 Å². The molecule has 0 saturated heterocycles. The van der Waals surface area contributed by atoms with Gasteiger partial charge in [0.25, 0.3) is 0 Å². The number of benzene rings is 1. The lowest BCUT2D eigenvalue weighted by atomic mass is 9.90. The third kappa shape index (κ3) is 2.18. The second-order valence-corrected chi connectivity index (χ2v) is 5.27. The number of carboxylic acid groups (broad SMARTS) is 1. The van der Waals surface area contributed by atoms with Crippen LogP contribution in [0.3, 0.4) is 0 Å². The highest BCUT2D eigenvalue weighted by Crippen LogP contribution is 2.26. The summed E-state index contributed by atoms with van der Waals surface area (Å²) >= 11 is 0. The van der Waals surface area contributed by atoms with Gasteiger partial charge >= 0.3 is 5.97 Å². The monoisotopic (exact) mass is 247 g/mol. The van der Waals surface area contributed by atoms with E-state index in [1.807, 2.05) is 20.8 Å². The number of carboxylic acids is 1. The lowest BCUT2D eigenvalue weighted by molar-refractivity contribution is 0.0698. The maximum atomic E-state index is 13.2. The molecular formula is C14H14FNO2. The summed E-state index contributed by atoms with van der Waals surface area (Å²) in [5.74, 6) is -1.45. The van der Waals surface area contributed by atoms with E-state index < -0.39 is 11.8 Å². The molecule has 3 nitrogen and oxygen atoms in total. The maximum absolute atomic E-state index is 13.2. The van der Waals surface area contributed by atoms with Crippen molar-refractivity contribution < 1.29 is 14.3 Å². The van der Waals surface area contributed by atoms with E-state index in [0.29, 0.717) is 16.6 Å². The Hall–Kier alpha value is -1.97. The second kappa shape index (κ2) is 4.05. The van der Waals surface area contributed by atoms with Crippen LogP contribution in [0.15, 0.2) is 24.3 Å². The number of carbonyl (C=O) groups is 1. The van der Waals surface area contributed by atoms with Crippen molar-refractivity contribution in [1.29, 1.82) is 0 Å². The molecule has 0 radical (unpaired) electrons. The fourth-order valence-electron chi connectivity index (χ4n) is 1.76. The molecule has 0 fully saturated rings. The van der Waals surface area contributed by atoms with Gasteiger partial charge in [0.15, 0.2) is 0 Å². The minimum absolute atomic E-state index is 0.157. The average molecular weight is 247 g/mol. The predicted octanol–water partition coefficient (Wildman–Crippen LogP) is 3.37. The molecule has 18 heavy (non-hydrogen) atoms. The average Bonchev–Trinajstić information content (AvgIpc) is 2.25. The number of aromatic carboxylic acids is 1. The summed E-state index contributed by atoms with van der Waals surface area (Å²) in [5, 5.41) is 9.68. The van der Waals surface area contributed by atoms with Gasteiger partial charge in [-0.3, -0.25) is 4.98 Å². The minimum Gasteiger partial charge on any atom is -0.478 e. The fraction of sp³-hybridized carbons (Fsp3) is 0.286. The molecule has 4 heteroatoms. The van der Waals surface area contributed by atoms with E-state index in [4.69, 9.17) is 0 Å². The van der Waals surface area contributed by atoms with Gasteiger partial charge in [0.05, 0.1) is 11.1 Å². The van der Waals surface area contributed by atoms with Crippen molar-refractivity contribution in [3.63, 3.8) is 0 Å². The van der Waals surface area contributed by atoms with Gasteiger partial charge in [0.2, 0.25) is 0 Å². The van der Waals surface area contributed by atoms with Crippen LogP contribution in [0.4, 0.5) is 4.39 Å². The first-order valence-corrected chi connectivity index (χ1v) is 5.63. The smallest absolute Gasteiger partial charge is 0.336 e. The Morgan fingerprint density at radius 2 is 1.94 bits per heavy atom. The van der Waals surface area contributed by atoms with E-state index in [-0.39, 0.29) is 11.0 Å². The van der Waals surface area contributed by atoms with Gasteiger partial charge in [-0.25, -0.2) is 9.18 Å². The highest BCUT2D eigenvalue weighted by atomic mass is 19.1. The maximum Gasteiger partial charge on any atom is 0.336 e. The molecule has 2 rings (SSSR count). The van der Waals surface area contributed by atoms with E-state index in [1.165, 1.54) is 18.2 Å². The van der Waals surface area contributed by atoms with Gasteiger partial charge in [0.1, 0.15) is 5.82 Å².